The van der Waals surface area contributed by atoms with Crippen LogP contribution in [0.15, 0.2) is 47.6 Å². The molecule has 2 aromatic carbocycles. The number of methoxy groups -OCH3 is 3. The Labute approximate surface area is 151 Å². The molecule has 1 N–H and O–H groups in total. The third-order valence-electron chi connectivity index (χ3n) is 4.04. The van der Waals surface area contributed by atoms with Crippen LogP contribution in [-0.4, -0.2) is 39.1 Å². The van der Waals surface area contributed by atoms with E-state index < -0.39 is 6.10 Å². The minimum Gasteiger partial charge on any atom is -0.497 e. The maximum atomic E-state index is 12.4. The van der Waals surface area contributed by atoms with Crippen LogP contribution in [0.1, 0.15) is 12.0 Å². The number of amides is 1. The average molecular weight is 356 g/mol. The van der Waals surface area contributed by atoms with Gasteiger partial charge in [0.15, 0.2) is 0 Å². The normalized spacial score (nSPS) is 15.7. The van der Waals surface area contributed by atoms with Crippen molar-refractivity contribution in [3.8, 4) is 17.2 Å². The zero-order valence-electron chi connectivity index (χ0n) is 14.8. The smallest absolute Gasteiger partial charge is 0.268 e. The Bertz CT molecular complexity index is 817. The van der Waals surface area contributed by atoms with Gasteiger partial charge in [0.1, 0.15) is 17.2 Å². The summed E-state index contributed by atoms with van der Waals surface area (Å²) in [4.78, 5) is 17.8. The highest BCUT2D eigenvalue weighted by atomic mass is 16.6. The van der Waals surface area contributed by atoms with E-state index in [9.17, 15) is 4.79 Å². The van der Waals surface area contributed by atoms with Crippen LogP contribution >= 0.6 is 0 Å². The van der Waals surface area contributed by atoms with E-state index in [1.807, 2.05) is 6.07 Å². The highest BCUT2D eigenvalue weighted by Gasteiger charge is 2.30. The van der Waals surface area contributed by atoms with Crippen molar-refractivity contribution in [3.63, 3.8) is 0 Å². The van der Waals surface area contributed by atoms with Crippen molar-refractivity contribution >= 4 is 17.3 Å². The number of carbonyl (C=O) groups is 1. The summed E-state index contributed by atoms with van der Waals surface area (Å²) >= 11 is 0. The maximum Gasteiger partial charge on any atom is 0.268 e. The van der Waals surface area contributed by atoms with Gasteiger partial charge in [-0.3, -0.25) is 4.79 Å². The van der Waals surface area contributed by atoms with E-state index in [4.69, 9.17) is 19.0 Å². The van der Waals surface area contributed by atoms with Gasteiger partial charge in [0, 0.05) is 17.7 Å². The first-order chi connectivity index (χ1) is 12.6. The number of anilines is 1. The fourth-order valence-electron chi connectivity index (χ4n) is 2.61. The summed E-state index contributed by atoms with van der Waals surface area (Å²) in [6, 6.07) is 12.5. The van der Waals surface area contributed by atoms with Crippen LogP contribution in [0, 0.1) is 0 Å². The lowest BCUT2D eigenvalue weighted by molar-refractivity contribution is -0.125. The van der Waals surface area contributed by atoms with Crippen LogP contribution in [-0.2, 0) is 9.63 Å². The second kappa shape index (κ2) is 7.77. The molecule has 0 spiro atoms. The Morgan fingerprint density at radius 3 is 2.38 bits per heavy atom. The van der Waals surface area contributed by atoms with Gasteiger partial charge in [-0.05, 0) is 42.5 Å². The molecule has 0 aliphatic carbocycles. The van der Waals surface area contributed by atoms with Gasteiger partial charge in [-0.25, -0.2) is 0 Å². The van der Waals surface area contributed by atoms with Gasteiger partial charge in [-0.15, -0.1) is 0 Å². The number of rotatable bonds is 6. The van der Waals surface area contributed by atoms with Crippen molar-refractivity contribution in [2.75, 3.05) is 26.6 Å². The molecule has 0 aromatic heterocycles. The first-order valence-corrected chi connectivity index (χ1v) is 8.04. The lowest BCUT2D eigenvalue weighted by Crippen LogP contribution is -2.28. The van der Waals surface area contributed by atoms with Gasteiger partial charge in [-0.2, -0.15) is 0 Å². The first-order valence-electron chi connectivity index (χ1n) is 8.04. The first kappa shape index (κ1) is 17.6. The predicted molar refractivity (Wildman–Crippen MR) is 97.2 cm³/mol. The minimum absolute atomic E-state index is 0.268. The maximum absolute atomic E-state index is 12.4. The van der Waals surface area contributed by atoms with Gasteiger partial charge < -0.3 is 24.4 Å². The van der Waals surface area contributed by atoms with Gasteiger partial charge in [0.25, 0.3) is 5.91 Å². The van der Waals surface area contributed by atoms with E-state index in [1.165, 1.54) is 0 Å². The molecule has 1 amide bonds. The highest BCUT2D eigenvalue weighted by Crippen LogP contribution is 2.29. The van der Waals surface area contributed by atoms with Gasteiger partial charge in [0.05, 0.1) is 27.0 Å². The van der Waals surface area contributed by atoms with Crippen molar-refractivity contribution < 1.29 is 23.8 Å². The number of hydrogen-bond donors (Lipinski definition) is 1. The predicted octanol–water partition coefficient (Wildman–Crippen LogP) is 2.84. The molecular weight excluding hydrogens is 336 g/mol. The molecule has 1 unspecified atom stereocenters. The number of benzene rings is 2. The number of nitrogens with one attached hydrogen (secondary N) is 1. The van der Waals surface area contributed by atoms with Crippen molar-refractivity contribution in [1.82, 2.24) is 0 Å². The monoisotopic (exact) mass is 356 g/mol. The lowest BCUT2D eigenvalue weighted by Gasteiger charge is -2.11. The molecule has 1 heterocycles. The molecule has 0 fully saturated rings. The summed E-state index contributed by atoms with van der Waals surface area (Å²) in [5, 5.41) is 6.87. The molecule has 0 bridgehead atoms. The number of hydrogen-bond acceptors (Lipinski definition) is 6. The second-order valence-corrected chi connectivity index (χ2v) is 5.62. The van der Waals surface area contributed by atoms with E-state index in [1.54, 1.807) is 57.7 Å². The van der Waals surface area contributed by atoms with Gasteiger partial charge >= 0.3 is 0 Å². The van der Waals surface area contributed by atoms with Gasteiger partial charge in [0.2, 0.25) is 6.10 Å². The molecule has 136 valence electrons. The zero-order valence-corrected chi connectivity index (χ0v) is 14.8. The fraction of sp³-hybridized carbons (Fsp3) is 0.263. The summed E-state index contributed by atoms with van der Waals surface area (Å²) in [5.74, 6) is 1.77. The third kappa shape index (κ3) is 3.72. The van der Waals surface area contributed by atoms with E-state index in [0.717, 1.165) is 11.3 Å². The Kier molecular flexibility index (Phi) is 5.26. The Hall–Kier alpha value is -3.22. The van der Waals surface area contributed by atoms with Crippen LogP contribution in [0.3, 0.4) is 0 Å². The van der Waals surface area contributed by atoms with Crippen LogP contribution < -0.4 is 19.5 Å². The molecule has 7 nitrogen and oxygen atoms in total. The summed E-state index contributed by atoms with van der Waals surface area (Å²) < 4.78 is 15.7. The van der Waals surface area contributed by atoms with E-state index >= 15 is 0 Å². The second-order valence-electron chi connectivity index (χ2n) is 5.62. The molecule has 1 aliphatic heterocycles. The lowest BCUT2D eigenvalue weighted by atomic mass is 10.0. The number of nitrogens with zero attached hydrogens (tertiary/aromatic N) is 1. The largest absolute Gasteiger partial charge is 0.497 e. The topological polar surface area (TPSA) is 78.4 Å². The quantitative estimate of drug-likeness (QED) is 0.861. The summed E-state index contributed by atoms with van der Waals surface area (Å²) in [5.41, 5.74) is 2.04. The summed E-state index contributed by atoms with van der Waals surface area (Å²) in [6.45, 7) is 0. The molecular formula is C19H20N2O5. The molecule has 1 aliphatic rings. The molecule has 26 heavy (non-hydrogen) atoms. The van der Waals surface area contributed by atoms with Crippen molar-refractivity contribution in [3.05, 3.63) is 48.0 Å². The van der Waals surface area contributed by atoms with E-state index in [-0.39, 0.29) is 5.91 Å². The van der Waals surface area contributed by atoms with Crippen molar-refractivity contribution in [1.29, 1.82) is 0 Å². The molecule has 1 atom stereocenters. The average Bonchev–Trinajstić information content (AvgIpc) is 3.18. The molecule has 2 aromatic rings. The minimum atomic E-state index is -0.706. The van der Waals surface area contributed by atoms with E-state index in [2.05, 4.69) is 10.5 Å². The molecule has 7 heteroatoms. The zero-order chi connectivity index (χ0) is 18.5. The number of oxime groups is 1. The van der Waals surface area contributed by atoms with Crippen LogP contribution in [0.2, 0.25) is 0 Å². The van der Waals surface area contributed by atoms with E-state index in [0.29, 0.717) is 29.3 Å². The summed E-state index contributed by atoms with van der Waals surface area (Å²) in [7, 11) is 4.75. The standard InChI is InChI=1S/C19H20N2O5/c1-23-13-6-4-12(5-7-13)20-19(22)18-11-16(21-26-18)15-10-14(24-2)8-9-17(15)25-3/h4-10,18H,11H2,1-3H3,(H,20,22). The fourth-order valence-corrected chi connectivity index (χ4v) is 2.61. The third-order valence-corrected chi connectivity index (χ3v) is 4.04. The molecule has 0 saturated heterocycles. The molecule has 0 saturated carbocycles. The van der Waals surface area contributed by atoms with Crippen LogP contribution in [0.25, 0.3) is 0 Å². The SMILES string of the molecule is COc1ccc(NC(=O)C2CC(c3cc(OC)ccc3OC)=NO2)cc1. The Balaban J connectivity index is 1.68. The molecule has 3 rings (SSSR count). The van der Waals surface area contributed by atoms with Crippen LogP contribution in [0.5, 0.6) is 17.2 Å². The molecule has 0 radical (unpaired) electrons. The number of ether oxygens (including phenoxy) is 3. The van der Waals surface area contributed by atoms with Crippen molar-refractivity contribution in [2.24, 2.45) is 5.16 Å². The highest BCUT2D eigenvalue weighted by molar-refractivity contribution is 6.07. The number of carbonyl (C=O) groups excluding carboxylic acids is 1. The van der Waals surface area contributed by atoms with Gasteiger partial charge in [-0.1, -0.05) is 5.16 Å². The van der Waals surface area contributed by atoms with Crippen LogP contribution in [0.4, 0.5) is 5.69 Å². The Morgan fingerprint density at radius 2 is 1.73 bits per heavy atom. The Morgan fingerprint density at radius 1 is 1.04 bits per heavy atom. The summed E-state index contributed by atoms with van der Waals surface area (Å²) in [6.07, 6.45) is -0.367. The van der Waals surface area contributed by atoms with Crippen molar-refractivity contribution in [2.45, 2.75) is 12.5 Å².